The summed E-state index contributed by atoms with van der Waals surface area (Å²) in [4.78, 5) is 23.4. The molecule has 1 amide bonds. The molecule has 0 spiro atoms. The molecule has 7 nitrogen and oxygen atoms in total. The van der Waals surface area contributed by atoms with Crippen LogP contribution in [0, 0.1) is 0 Å². The molecule has 1 rings (SSSR count). The zero-order chi connectivity index (χ0) is 14.8. The van der Waals surface area contributed by atoms with Crippen molar-refractivity contribution in [3.8, 4) is 0 Å². The summed E-state index contributed by atoms with van der Waals surface area (Å²) in [5.41, 5.74) is -0.938. The van der Waals surface area contributed by atoms with Crippen LogP contribution in [0.4, 0.5) is 4.79 Å². The van der Waals surface area contributed by atoms with Gasteiger partial charge in [-0.05, 0) is 32.9 Å². The van der Waals surface area contributed by atoms with Gasteiger partial charge in [0, 0.05) is 16.9 Å². The number of rotatable bonds is 2. The van der Waals surface area contributed by atoms with Gasteiger partial charge >= 0.3 is 15.3 Å². The number of nitrogens with zero attached hydrogens (tertiary/aromatic N) is 1. The number of carbonyl (C=O) groups excluding carboxylic acids is 2. The third-order valence-corrected chi connectivity index (χ3v) is 2.45. The van der Waals surface area contributed by atoms with Gasteiger partial charge in [-0.3, -0.25) is 4.79 Å². The number of hydrogen-bond acceptors (Lipinski definition) is 5. The van der Waals surface area contributed by atoms with Crippen LogP contribution in [0.1, 0.15) is 31.3 Å². The highest BCUT2D eigenvalue weighted by Gasteiger charge is 2.23. The molecular formula is C10H13ClN2O5S. The summed E-state index contributed by atoms with van der Waals surface area (Å²) in [5.74, 6) is -1.02. The first kappa shape index (κ1) is 15.5. The van der Waals surface area contributed by atoms with Gasteiger partial charge in [0.15, 0.2) is 0 Å². The number of aromatic nitrogens is 1. The van der Waals surface area contributed by atoms with E-state index in [9.17, 15) is 18.0 Å². The third-order valence-electron chi connectivity index (χ3n) is 1.79. The van der Waals surface area contributed by atoms with Gasteiger partial charge < -0.3 is 4.74 Å². The van der Waals surface area contributed by atoms with Crippen LogP contribution >= 0.6 is 10.7 Å². The largest absolute Gasteiger partial charge is 0.443 e. The Hall–Kier alpha value is -1.54. The predicted octanol–water partition coefficient (Wildman–Crippen LogP) is 1.48. The molecule has 19 heavy (non-hydrogen) atoms. The van der Waals surface area contributed by atoms with Crippen LogP contribution in [-0.2, 0) is 14.0 Å². The first-order valence-electron chi connectivity index (χ1n) is 5.17. The van der Waals surface area contributed by atoms with Gasteiger partial charge in [0.25, 0.3) is 5.91 Å². The van der Waals surface area contributed by atoms with E-state index in [1.165, 1.54) is 18.3 Å². The number of ether oxygens (including phenoxy) is 1. The van der Waals surface area contributed by atoms with Crippen molar-refractivity contribution in [2.75, 3.05) is 0 Å². The van der Waals surface area contributed by atoms with Gasteiger partial charge in [0.2, 0.25) is 0 Å². The molecule has 0 saturated heterocycles. The average Bonchev–Trinajstić information content (AvgIpc) is 2.59. The third kappa shape index (κ3) is 4.92. The van der Waals surface area contributed by atoms with E-state index in [1.807, 2.05) is 0 Å². The highest BCUT2D eigenvalue weighted by Crippen LogP contribution is 2.11. The van der Waals surface area contributed by atoms with Gasteiger partial charge in [0.05, 0.1) is 0 Å². The number of hydrogen-bond donors (Lipinski definition) is 1. The summed E-state index contributed by atoms with van der Waals surface area (Å²) in [6.45, 7) is 4.99. The Labute approximate surface area is 115 Å². The number of halogens is 1. The molecular weight excluding hydrogens is 296 g/mol. The van der Waals surface area contributed by atoms with E-state index in [2.05, 4.69) is 0 Å². The molecule has 0 aromatic carbocycles. The van der Waals surface area contributed by atoms with Crippen LogP contribution < -0.4 is 4.72 Å². The summed E-state index contributed by atoms with van der Waals surface area (Å²) in [5, 5.41) is 0. The van der Waals surface area contributed by atoms with E-state index in [0.29, 0.717) is 0 Å². The minimum atomic E-state index is -4.22. The molecule has 0 aliphatic carbocycles. The summed E-state index contributed by atoms with van der Waals surface area (Å²) < 4.78 is 29.0. The van der Waals surface area contributed by atoms with Gasteiger partial charge in [0.1, 0.15) is 11.3 Å². The summed E-state index contributed by atoms with van der Waals surface area (Å²) in [6, 6.07) is 2.67. The highest BCUT2D eigenvalue weighted by atomic mass is 35.7. The first-order chi connectivity index (χ1) is 8.49. The zero-order valence-electron chi connectivity index (χ0n) is 10.5. The molecule has 0 bridgehead atoms. The SMILES string of the molecule is CC(C)(C)OC(=O)n1cccc1C(=O)NS(=O)(=O)Cl. The Morgan fingerprint density at radius 1 is 1.37 bits per heavy atom. The van der Waals surface area contributed by atoms with Crippen molar-refractivity contribution in [1.29, 1.82) is 0 Å². The second-order valence-corrected chi connectivity index (χ2v) is 6.91. The molecule has 0 unspecified atom stereocenters. The van der Waals surface area contributed by atoms with Gasteiger partial charge in [-0.2, -0.15) is 8.42 Å². The minimum Gasteiger partial charge on any atom is -0.443 e. The van der Waals surface area contributed by atoms with Crippen LogP contribution in [0.25, 0.3) is 0 Å². The standard InChI is InChI=1S/C10H13ClN2O5S/c1-10(2,3)18-9(15)13-6-4-5-7(13)8(14)12-19(11,16)17/h4-6H,1-3H3,(H,12,14). The second-order valence-electron chi connectivity index (χ2n) is 4.61. The lowest BCUT2D eigenvalue weighted by atomic mass is 10.2. The normalized spacial score (nSPS) is 12.0. The lowest BCUT2D eigenvalue weighted by Gasteiger charge is -2.20. The summed E-state index contributed by atoms with van der Waals surface area (Å²) in [6.07, 6.45) is 0.485. The van der Waals surface area contributed by atoms with E-state index in [4.69, 9.17) is 15.4 Å². The summed E-state index contributed by atoms with van der Waals surface area (Å²) >= 11 is 0. The molecule has 1 aromatic heterocycles. The van der Waals surface area contributed by atoms with Gasteiger partial charge in [-0.15, -0.1) is 0 Å². The quantitative estimate of drug-likeness (QED) is 0.835. The molecule has 106 valence electrons. The topological polar surface area (TPSA) is 94.5 Å². The Balaban J connectivity index is 2.98. The molecule has 0 atom stereocenters. The molecule has 0 aliphatic heterocycles. The Kier molecular flexibility index (Phi) is 4.26. The van der Waals surface area contributed by atoms with Crippen molar-refractivity contribution in [3.63, 3.8) is 0 Å². The molecule has 0 radical (unpaired) electrons. The maximum Gasteiger partial charge on any atom is 0.419 e. The fraction of sp³-hybridized carbons (Fsp3) is 0.400. The molecule has 1 heterocycles. The van der Waals surface area contributed by atoms with Crippen molar-refractivity contribution < 1.29 is 22.7 Å². The lowest BCUT2D eigenvalue weighted by Crippen LogP contribution is -2.32. The van der Waals surface area contributed by atoms with Crippen LogP contribution in [0.2, 0.25) is 0 Å². The Bertz CT molecular complexity index is 600. The van der Waals surface area contributed by atoms with Gasteiger partial charge in [-0.1, -0.05) is 0 Å². The summed E-state index contributed by atoms with van der Waals surface area (Å²) in [7, 11) is 0.678. The molecule has 9 heteroatoms. The van der Waals surface area contributed by atoms with Crippen LogP contribution in [0.5, 0.6) is 0 Å². The maximum atomic E-state index is 11.8. The minimum absolute atomic E-state index is 0.196. The smallest absolute Gasteiger partial charge is 0.419 e. The first-order valence-corrected chi connectivity index (χ1v) is 7.48. The van der Waals surface area contributed by atoms with E-state index in [0.717, 1.165) is 4.57 Å². The Morgan fingerprint density at radius 3 is 2.42 bits per heavy atom. The van der Waals surface area contributed by atoms with Crippen molar-refractivity contribution in [2.45, 2.75) is 26.4 Å². The van der Waals surface area contributed by atoms with Gasteiger partial charge in [-0.25, -0.2) is 14.1 Å². The van der Waals surface area contributed by atoms with E-state index >= 15 is 0 Å². The van der Waals surface area contributed by atoms with Crippen molar-refractivity contribution >= 4 is 31.9 Å². The van der Waals surface area contributed by atoms with Crippen molar-refractivity contribution in [1.82, 2.24) is 9.29 Å². The maximum absolute atomic E-state index is 11.8. The van der Waals surface area contributed by atoms with Crippen molar-refractivity contribution in [3.05, 3.63) is 24.0 Å². The van der Waals surface area contributed by atoms with Crippen LogP contribution in [0.3, 0.4) is 0 Å². The number of carbonyl (C=O) groups is 2. The predicted molar refractivity (Wildman–Crippen MR) is 68.3 cm³/mol. The molecule has 1 aromatic rings. The van der Waals surface area contributed by atoms with E-state index in [-0.39, 0.29) is 5.69 Å². The molecule has 0 fully saturated rings. The highest BCUT2D eigenvalue weighted by molar-refractivity contribution is 8.12. The zero-order valence-corrected chi connectivity index (χ0v) is 12.1. The molecule has 1 N–H and O–H groups in total. The fourth-order valence-electron chi connectivity index (χ4n) is 1.20. The van der Waals surface area contributed by atoms with E-state index < -0.39 is 26.8 Å². The monoisotopic (exact) mass is 308 g/mol. The lowest BCUT2D eigenvalue weighted by molar-refractivity contribution is 0.0527. The average molecular weight is 309 g/mol. The van der Waals surface area contributed by atoms with Crippen molar-refractivity contribution in [2.24, 2.45) is 0 Å². The molecule has 0 aliphatic rings. The van der Waals surface area contributed by atoms with E-state index in [1.54, 1.807) is 25.5 Å². The van der Waals surface area contributed by atoms with Crippen LogP contribution in [-0.4, -0.2) is 30.6 Å². The number of amides is 1. The molecule has 0 saturated carbocycles. The second kappa shape index (κ2) is 5.22. The Morgan fingerprint density at radius 2 is 1.95 bits per heavy atom. The van der Waals surface area contributed by atoms with Crippen LogP contribution in [0.15, 0.2) is 18.3 Å². The number of nitrogens with one attached hydrogen (secondary N) is 1. The fourth-order valence-corrected chi connectivity index (χ4v) is 1.74.